The standard InChI is InChI=1S/C22H27N3O4/c1-3-25(4-2)14-13-23-21(26)16-9-11-17(12-10-16)24-22(27)20-15-28-18-7-5-6-8-19(18)29-20/h5-12,20H,3-4,13-15H2,1-2H3,(H,23,26)(H,24,27)/t20-/m0/s1. The van der Waals surface area contributed by atoms with E-state index in [0.717, 1.165) is 19.6 Å². The molecule has 0 spiro atoms. The molecule has 2 amide bonds. The molecule has 0 unspecified atom stereocenters. The second-order valence-corrected chi connectivity index (χ2v) is 6.71. The largest absolute Gasteiger partial charge is 0.485 e. The molecule has 1 aliphatic heterocycles. The molecule has 29 heavy (non-hydrogen) atoms. The molecular formula is C22H27N3O4. The van der Waals surface area contributed by atoms with E-state index in [9.17, 15) is 9.59 Å². The molecule has 2 aromatic carbocycles. The molecule has 7 nitrogen and oxygen atoms in total. The zero-order valence-electron chi connectivity index (χ0n) is 16.8. The van der Waals surface area contributed by atoms with Crippen molar-refractivity contribution in [1.29, 1.82) is 0 Å². The molecule has 0 radical (unpaired) electrons. The second-order valence-electron chi connectivity index (χ2n) is 6.71. The van der Waals surface area contributed by atoms with Crippen molar-refractivity contribution in [2.45, 2.75) is 20.0 Å². The summed E-state index contributed by atoms with van der Waals surface area (Å²) in [6.45, 7) is 7.68. The summed E-state index contributed by atoms with van der Waals surface area (Å²) in [6, 6.07) is 14.0. The summed E-state index contributed by atoms with van der Waals surface area (Å²) in [5.74, 6) is 0.759. The van der Waals surface area contributed by atoms with Crippen molar-refractivity contribution in [3.8, 4) is 11.5 Å². The fourth-order valence-corrected chi connectivity index (χ4v) is 3.05. The highest BCUT2D eigenvalue weighted by molar-refractivity contribution is 5.97. The van der Waals surface area contributed by atoms with Gasteiger partial charge in [0.1, 0.15) is 6.61 Å². The number of carbonyl (C=O) groups excluding carboxylic acids is 2. The summed E-state index contributed by atoms with van der Waals surface area (Å²) in [6.07, 6.45) is -0.729. The second kappa shape index (κ2) is 9.93. The zero-order chi connectivity index (χ0) is 20.6. The summed E-state index contributed by atoms with van der Waals surface area (Å²) in [7, 11) is 0. The number of likely N-dealkylation sites (N-methyl/N-ethyl adjacent to an activating group) is 1. The van der Waals surface area contributed by atoms with Gasteiger partial charge in [-0.15, -0.1) is 0 Å². The predicted octanol–water partition coefficient (Wildman–Crippen LogP) is 2.54. The fourth-order valence-electron chi connectivity index (χ4n) is 3.05. The highest BCUT2D eigenvalue weighted by Gasteiger charge is 2.27. The minimum atomic E-state index is -0.729. The van der Waals surface area contributed by atoms with Crippen molar-refractivity contribution in [1.82, 2.24) is 10.2 Å². The normalized spacial score (nSPS) is 15.1. The lowest BCUT2D eigenvalue weighted by atomic mass is 10.2. The number of para-hydroxylation sites is 2. The molecule has 1 atom stereocenters. The van der Waals surface area contributed by atoms with Gasteiger partial charge in [0.15, 0.2) is 11.5 Å². The molecule has 1 aliphatic rings. The number of carbonyl (C=O) groups is 2. The van der Waals surface area contributed by atoms with Crippen LogP contribution in [0.1, 0.15) is 24.2 Å². The van der Waals surface area contributed by atoms with Gasteiger partial charge < -0.3 is 25.0 Å². The number of nitrogens with one attached hydrogen (secondary N) is 2. The van der Waals surface area contributed by atoms with Gasteiger partial charge in [0.05, 0.1) is 0 Å². The maximum atomic E-state index is 12.5. The van der Waals surface area contributed by atoms with Crippen LogP contribution in [0.5, 0.6) is 11.5 Å². The van der Waals surface area contributed by atoms with Gasteiger partial charge in [-0.05, 0) is 49.5 Å². The first-order valence-corrected chi connectivity index (χ1v) is 9.90. The van der Waals surface area contributed by atoms with Crippen LogP contribution < -0.4 is 20.1 Å². The van der Waals surface area contributed by atoms with Crippen LogP contribution in [-0.2, 0) is 4.79 Å². The first kappa shape index (κ1) is 20.7. The number of nitrogens with zero attached hydrogens (tertiary/aromatic N) is 1. The molecule has 0 saturated carbocycles. The van der Waals surface area contributed by atoms with E-state index in [-0.39, 0.29) is 18.4 Å². The van der Waals surface area contributed by atoms with Gasteiger partial charge in [0.25, 0.3) is 11.8 Å². The number of benzene rings is 2. The lowest BCUT2D eigenvalue weighted by Gasteiger charge is -2.25. The number of fused-ring (bicyclic) bond motifs is 1. The Kier molecular flexibility index (Phi) is 7.08. The van der Waals surface area contributed by atoms with Gasteiger partial charge in [-0.2, -0.15) is 0 Å². The molecule has 2 N–H and O–H groups in total. The number of anilines is 1. The first-order valence-electron chi connectivity index (χ1n) is 9.90. The molecule has 0 saturated heterocycles. The van der Waals surface area contributed by atoms with E-state index in [1.54, 1.807) is 36.4 Å². The van der Waals surface area contributed by atoms with Crippen LogP contribution in [0.4, 0.5) is 5.69 Å². The third-order valence-electron chi connectivity index (χ3n) is 4.82. The quantitative estimate of drug-likeness (QED) is 0.716. The van der Waals surface area contributed by atoms with E-state index < -0.39 is 6.10 Å². The highest BCUT2D eigenvalue weighted by atomic mass is 16.6. The number of amides is 2. The molecule has 0 fully saturated rings. The Morgan fingerprint density at radius 3 is 2.41 bits per heavy atom. The SMILES string of the molecule is CCN(CC)CCNC(=O)c1ccc(NC(=O)[C@@H]2COc3ccccc3O2)cc1. The first-order chi connectivity index (χ1) is 14.1. The number of hydrogen-bond donors (Lipinski definition) is 2. The third-order valence-corrected chi connectivity index (χ3v) is 4.82. The van der Waals surface area contributed by atoms with Crippen molar-refractivity contribution in [3.05, 3.63) is 54.1 Å². The van der Waals surface area contributed by atoms with Crippen molar-refractivity contribution in [2.24, 2.45) is 0 Å². The summed E-state index contributed by atoms with van der Waals surface area (Å²) >= 11 is 0. The topological polar surface area (TPSA) is 79.9 Å². The summed E-state index contributed by atoms with van der Waals surface area (Å²) in [5.41, 5.74) is 1.14. The Morgan fingerprint density at radius 2 is 1.72 bits per heavy atom. The maximum absolute atomic E-state index is 12.5. The van der Waals surface area contributed by atoms with E-state index in [4.69, 9.17) is 9.47 Å². The van der Waals surface area contributed by atoms with Crippen molar-refractivity contribution in [2.75, 3.05) is 38.1 Å². The lowest BCUT2D eigenvalue weighted by molar-refractivity contribution is -0.125. The molecule has 1 heterocycles. The van der Waals surface area contributed by atoms with Crippen LogP contribution >= 0.6 is 0 Å². The van der Waals surface area contributed by atoms with Gasteiger partial charge in [-0.25, -0.2) is 0 Å². The van der Waals surface area contributed by atoms with E-state index in [2.05, 4.69) is 29.4 Å². The molecule has 0 aromatic heterocycles. The van der Waals surface area contributed by atoms with Crippen LogP contribution in [0.15, 0.2) is 48.5 Å². The van der Waals surface area contributed by atoms with E-state index in [0.29, 0.717) is 29.3 Å². The average Bonchev–Trinajstić information content (AvgIpc) is 2.76. The van der Waals surface area contributed by atoms with E-state index in [1.165, 1.54) is 0 Å². The predicted molar refractivity (Wildman–Crippen MR) is 112 cm³/mol. The van der Waals surface area contributed by atoms with E-state index in [1.807, 2.05) is 12.1 Å². The Balaban J connectivity index is 1.50. The fraction of sp³-hybridized carbons (Fsp3) is 0.364. The molecule has 0 bridgehead atoms. The van der Waals surface area contributed by atoms with Crippen LogP contribution in [0.3, 0.4) is 0 Å². The van der Waals surface area contributed by atoms with Gasteiger partial charge in [0, 0.05) is 24.3 Å². The zero-order valence-corrected chi connectivity index (χ0v) is 16.8. The maximum Gasteiger partial charge on any atom is 0.269 e. The van der Waals surface area contributed by atoms with Gasteiger partial charge in [0.2, 0.25) is 6.10 Å². The third kappa shape index (κ3) is 5.48. The number of hydrogen-bond acceptors (Lipinski definition) is 5. The highest BCUT2D eigenvalue weighted by Crippen LogP contribution is 2.31. The van der Waals surface area contributed by atoms with Gasteiger partial charge in [-0.3, -0.25) is 9.59 Å². The Bertz CT molecular complexity index is 834. The minimum Gasteiger partial charge on any atom is -0.485 e. The number of ether oxygens (including phenoxy) is 2. The monoisotopic (exact) mass is 397 g/mol. The molecule has 2 aromatic rings. The van der Waals surface area contributed by atoms with Gasteiger partial charge in [-0.1, -0.05) is 26.0 Å². The van der Waals surface area contributed by atoms with Crippen molar-refractivity contribution in [3.63, 3.8) is 0 Å². The lowest BCUT2D eigenvalue weighted by Crippen LogP contribution is -2.40. The van der Waals surface area contributed by atoms with Crippen molar-refractivity contribution < 1.29 is 19.1 Å². The molecule has 3 rings (SSSR count). The summed E-state index contributed by atoms with van der Waals surface area (Å²) in [5, 5.41) is 5.71. The van der Waals surface area contributed by atoms with Crippen molar-refractivity contribution >= 4 is 17.5 Å². The van der Waals surface area contributed by atoms with Crippen LogP contribution in [0, 0.1) is 0 Å². The van der Waals surface area contributed by atoms with E-state index >= 15 is 0 Å². The molecule has 154 valence electrons. The Labute approximate surface area is 171 Å². The average molecular weight is 397 g/mol. The Hall–Kier alpha value is -3.06. The van der Waals surface area contributed by atoms with Crippen LogP contribution in [0.25, 0.3) is 0 Å². The summed E-state index contributed by atoms with van der Waals surface area (Å²) < 4.78 is 11.3. The molecule has 7 heteroatoms. The van der Waals surface area contributed by atoms with Crippen LogP contribution in [0.2, 0.25) is 0 Å². The molecule has 0 aliphatic carbocycles. The van der Waals surface area contributed by atoms with Gasteiger partial charge >= 0.3 is 0 Å². The molecular weight excluding hydrogens is 370 g/mol. The van der Waals surface area contributed by atoms with Crippen LogP contribution in [-0.4, -0.2) is 55.6 Å². The Morgan fingerprint density at radius 1 is 1.03 bits per heavy atom. The summed E-state index contributed by atoms with van der Waals surface area (Å²) in [4.78, 5) is 26.9. The minimum absolute atomic E-state index is 0.129. The smallest absolute Gasteiger partial charge is 0.269 e. The number of rotatable bonds is 8.